The van der Waals surface area contributed by atoms with E-state index in [0.717, 1.165) is 4.90 Å². The van der Waals surface area contributed by atoms with Crippen LogP contribution in [0.5, 0.6) is 0 Å². The average molecular weight is 201 g/mol. The molecule has 0 atom stereocenters. The van der Waals surface area contributed by atoms with Crippen LogP contribution in [0.3, 0.4) is 0 Å². The van der Waals surface area contributed by atoms with Crippen LogP contribution in [0.1, 0.15) is 0 Å². The van der Waals surface area contributed by atoms with E-state index >= 15 is 0 Å². The van der Waals surface area contributed by atoms with Crippen LogP contribution in [0.15, 0.2) is 32.9 Å². The lowest BCUT2D eigenvalue weighted by molar-refractivity contribution is 1.20. The van der Waals surface area contributed by atoms with Crippen LogP contribution < -0.4 is 0 Å². The van der Waals surface area contributed by atoms with E-state index in [2.05, 4.69) is 24.6 Å². The topological polar surface area (TPSA) is 0 Å². The van der Waals surface area contributed by atoms with Crippen molar-refractivity contribution >= 4 is 36.2 Å². The van der Waals surface area contributed by atoms with Gasteiger partial charge in [-0.1, -0.05) is 12.6 Å². The predicted octanol–water partition coefficient (Wildman–Crippen LogP) is 3.69. The van der Waals surface area contributed by atoms with Crippen molar-refractivity contribution in [1.82, 2.24) is 0 Å². The Hall–Kier alpha value is 0.140. The summed E-state index contributed by atoms with van der Waals surface area (Å²) in [6, 6.07) is 6.19. The molecule has 0 heterocycles. The summed E-state index contributed by atoms with van der Waals surface area (Å²) in [5.74, 6) is 0. The normalized spacial score (nSPS) is 10.0. The summed E-state index contributed by atoms with van der Waals surface area (Å²) in [5.41, 5.74) is 0. The summed E-state index contributed by atoms with van der Waals surface area (Å²) >= 11 is 8.58. The first kappa shape index (κ1) is 9.23. The average Bonchev–Trinajstić information content (AvgIpc) is 2.05. The maximum absolute atomic E-state index is 5.13. The second kappa shape index (κ2) is 4.24. The van der Waals surface area contributed by atoms with Gasteiger partial charge < -0.3 is 0 Å². The molecule has 0 aromatic heterocycles. The zero-order valence-corrected chi connectivity index (χ0v) is 8.91. The fourth-order valence-electron chi connectivity index (χ4n) is 0.775. The fourth-order valence-corrected chi connectivity index (χ4v) is 2.18. The number of benzene rings is 1. The summed E-state index contributed by atoms with van der Waals surface area (Å²) in [7, 11) is 0. The lowest BCUT2D eigenvalue weighted by atomic mass is 10.4. The third-order valence-corrected chi connectivity index (χ3v) is 3.36. The highest BCUT2D eigenvalue weighted by Crippen LogP contribution is 2.27. The first-order valence-electron chi connectivity index (χ1n) is 3.17. The van der Waals surface area contributed by atoms with Crippen molar-refractivity contribution in [2.24, 2.45) is 0 Å². The molecule has 0 N–H and O–H groups in total. The smallest absolute Gasteiger partial charge is 0.0513 e. The first-order valence-corrected chi connectivity index (χ1v) is 6.02. The van der Waals surface area contributed by atoms with Gasteiger partial charge in [0, 0.05) is 9.79 Å². The second-order valence-electron chi connectivity index (χ2n) is 2.02. The van der Waals surface area contributed by atoms with Gasteiger partial charge >= 0.3 is 0 Å². The van der Waals surface area contributed by atoms with Gasteiger partial charge in [0.1, 0.15) is 0 Å². The maximum Gasteiger partial charge on any atom is 0.0513 e. The van der Waals surface area contributed by atoms with Crippen LogP contribution in [0.4, 0.5) is 0 Å². The Labute approximate surface area is 81.6 Å². The van der Waals surface area contributed by atoms with Crippen LogP contribution in [0.25, 0.3) is 0 Å². The van der Waals surface area contributed by atoms with Gasteiger partial charge in [0.2, 0.25) is 0 Å². The highest BCUT2D eigenvalue weighted by Gasteiger charge is 1.98. The van der Waals surface area contributed by atoms with Gasteiger partial charge in [0.25, 0.3) is 0 Å². The molecule has 1 radical (unpaired) electrons. The molecule has 3 heteroatoms. The Morgan fingerprint density at radius 3 is 2.45 bits per heavy atom. The molecule has 0 fully saturated rings. The van der Waals surface area contributed by atoms with E-state index in [1.807, 2.05) is 6.07 Å². The molecule has 0 nitrogen and oxygen atoms in total. The number of hydrogen-bond acceptors (Lipinski definition) is 2. The van der Waals surface area contributed by atoms with Gasteiger partial charge in [0.15, 0.2) is 0 Å². The van der Waals surface area contributed by atoms with E-state index in [4.69, 9.17) is 12.6 Å². The second-order valence-corrected chi connectivity index (χ2v) is 4.18. The number of rotatable bonds is 2. The van der Waals surface area contributed by atoms with E-state index in [-0.39, 0.29) is 0 Å². The lowest BCUT2D eigenvalue weighted by Gasteiger charge is -2.01. The van der Waals surface area contributed by atoms with Crippen LogP contribution in [-0.2, 0) is 0 Å². The molecular weight excluding hydrogens is 192 g/mol. The van der Waals surface area contributed by atoms with Crippen LogP contribution in [0.2, 0.25) is 0 Å². The molecular formula is C8H9S3. The fraction of sp³-hybridized carbons (Fsp3) is 0.250. The van der Waals surface area contributed by atoms with Gasteiger partial charge in [-0.2, -0.15) is 0 Å². The van der Waals surface area contributed by atoms with Crippen molar-refractivity contribution in [1.29, 1.82) is 0 Å². The molecule has 1 rings (SSSR count). The van der Waals surface area contributed by atoms with Gasteiger partial charge in [0.05, 0.1) is 4.90 Å². The number of hydrogen-bond donors (Lipinski definition) is 0. The van der Waals surface area contributed by atoms with Crippen LogP contribution >= 0.6 is 36.2 Å². The van der Waals surface area contributed by atoms with Crippen LogP contribution in [-0.4, -0.2) is 12.5 Å². The largest absolute Gasteiger partial charge is 0.130 e. The molecule has 0 aliphatic carbocycles. The minimum Gasteiger partial charge on any atom is -0.130 e. The van der Waals surface area contributed by atoms with E-state index < -0.39 is 0 Å². The molecule has 0 spiro atoms. The molecule has 0 aliphatic heterocycles. The summed E-state index contributed by atoms with van der Waals surface area (Å²) in [6.45, 7) is 0. The molecule has 1 aromatic rings. The zero-order valence-electron chi connectivity index (χ0n) is 6.46. The minimum absolute atomic E-state index is 0.954. The Balaban J connectivity index is 3.02. The van der Waals surface area contributed by atoms with Crippen molar-refractivity contribution in [3.63, 3.8) is 0 Å². The van der Waals surface area contributed by atoms with Gasteiger partial charge in [-0.3, -0.25) is 0 Å². The SMILES string of the molecule is CSc1ccc([S])c(SC)c1. The molecule has 0 saturated carbocycles. The molecule has 11 heavy (non-hydrogen) atoms. The van der Waals surface area contributed by atoms with E-state index in [9.17, 15) is 0 Å². The summed E-state index contributed by atoms with van der Waals surface area (Å²) < 4.78 is 0. The molecule has 1 aromatic carbocycles. The standard InChI is InChI=1S/C8H9S3/c1-10-6-3-4-7(9)8(5-6)11-2/h3-5H,1-2H3. The molecule has 59 valence electrons. The molecule has 0 amide bonds. The summed E-state index contributed by atoms with van der Waals surface area (Å²) in [6.07, 6.45) is 4.12. The zero-order chi connectivity index (χ0) is 8.27. The highest BCUT2D eigenvalue weighted by molar-refractivity contribution is 7.99. The van der Waals surface area contributed by atoms with Crippen molar-refractivity contribution < 1.29 is 0 Å². The van der Waals surface area contributed by atoms with E-state index in [1.54, 1.807) is 23.5 Å². The minimum atomic E-state index is 0.954. The Bertz CT molecular complexity index is 245. The summed E-state index contributed by atoms with van der Waals surface area (Å²) in [4.78, 5) is 3.44. The van der Waals surface area contributed by atoms with E-state index in [0.29, 0.717) is 0 Å². The van der Waals surface area contributed by atoms with Crippen molar-refractivity contribution in [2.45, 2.75) is 14.7 Å². The van der Waals surface area contributed by atoms with E-state index in [1.165, 1.54) is 9.79 Å². The highest BCUT2D eigenvalue weighted by atomic mass is 32.2. The summed E-state index contributed by atoms with van der Waals surface area (Å²) in [5, 5.41) is 0. The third kappa shape index (κ3) is 2.29. The molecule has 0 bridgehead atoms. The molecule has 0 unspecified atom stereocenters. The lowest BCUT2D eigenvalue weighted by Crippen LogP contribution is -1.75. The number of thioether (sulfide) groups is 2. The maximum atomic E-state index is 5.13. The van der Waals surface area contributed by atoms with Gasteiger partial charge in [-0.15, -0.1) is 23.5 Å². The third-order valence-electron chi connectivity index (χ3n) is 1.37. The Morgan fingerprint density at radius 1 is 1.18 bits per heavy atom. The Kier molecular flexibility index (Phi) is 3.55. The molecule has 0 saturated heterocycles. The van der Waals surface area contributed by atoms with Gasteiger partial charge in [-0.25, -0.2) is 0 Å². The predicted molar refractivity (Wildman–Crippen MR) is 55.9 cm³/mol. The Morgan fingerprint density at radius 2 is 1.91 bits per heavy atom. The molecule has 0 aliphatic rings. The van der Waals surface area contributed by atoms with Crippen LogP contribution in [0, 0.1) is 0 Å². The van der Waals surface area contributed by atoms with Crippen molar-refractivity contribution in [3.05, 3.63) is 18.2 Å². The quantitative estimate of drug-likeness (QED) is 0.669. The van der Waals surface area contributed by atoms with Crippen molar-refractivity contribution in [2.75, 3.05) is 12.5 Å². The van der Waals surface area contributed by atoms with Gasteiger partial charge in [-0.05, 0) is 30.7 Å². The van der Waals surface area contributed by atoms with Crippen molar-refractivity contribution in [3.8, 4) is 0 Å². The first-order chi connectivity index (χ1) is 5.27. The monoisotopic (exact) mass is 201 g/mol.